The van der Waals surface area contributed by atoms with Gasteiger partial charge in [0.05, 0.1) is 24.5 Å². The van der Waals surface area contributed by atoms with E-state index in [2.05, 4.69) is 43.2 Å². The fourth-order valence-electron chi connectivity index (χ4n) is 2.25. The molecule has 1 aromatic carbocycles. The molecular formula is C17H21IN6S. The fourth-order valence-corrected chi connectivity index (χ4v) is 3.07. The molecule has 0 aliphatic heterocycles. The van der Waals surface area contributed by atoms with Crippen LogP contribution in [-0.2, 0) is 20.1 Å². The maximum atomic E-state index is 4.67. The van der Waals surface area contributed by atoms with Crippen molar-refractivity contribution in [3.8, 4) is 10.6 Å². The van der Waals surface area contributed by atoms with Crippen LogP contribution in [0.2, 0.25) is 0 Å². The van der Waals surface area contributed by atoms with Crippen LogP contribution in [0.3, 0.4) is 0 Å². The number of aromatic nitrogens is 3. The van der Waals surface area contributed by atoms with Crippen molar-refractivity contribution < 1.29 is 0 Å². The van der Waals surface area contributed by atoms with Crippen molar-refractivity contribution in [3.05, 3.63) is 59.4 Å². The lowest BCUT2D eigenvalue weighted by Gasteiger charge is -2.11. The molecule has 132 valence electrons. The van der Waals surface area contributed by atoms with Gasteiger partial charge in [-0.25, -0.2) is 4.98 Å². The first-order chi connectivity index (χ1) is 11.8. The number of thiazole rings is 1. The van der Waals surface area contributed by atoms with Crippen molar-refractivity contribution in [2.45, 2.75) is 13.1 Å². The third kappa shape index (κ3) is 5.27. The molecule has 3 rings (SSSR count). The molecule has 0 amide bonds. The van der Waals surface area contributed by atoms with Gasteiger partial charge >= 0.3 is 0 Å². The molecule has 0 bridgehead atoms. The first-order valence-corrected chi connectivity index (χ1v) is 8.55. The van der Waals surface area contributed by atoms with Crippen molar-refractivity contribution in [1.82, 2.24) is 25.4 Å². The van der Waals surface area contributed by atoms with E-state index in [0.29, 0.717) is 13.1 Å². The number of nitrogens with one attached hydrogen (secondary N) is 2. The summed E-state index contributed by atoms with van der Waals surface area (Å²) in [6.45, 7) is 1.30. The largest absolute Gasteiger partial charge is 0.351 e. The summed E-state index contributed by atoms with van der Waals surface area (Å²) in [7, 11) is 3.68. The lowest BCUT2D eigenvalue weighted by Crippen LogP contribution is -2.36. The van der Waals surface area contributed by atoms with E-state index in [1.807, 2.05) is 36.0 Å². The lowest BCUT2D eigenvalue weighted by molar-refractivity contribution is 0.684. The number of aryl methyl sites for hydroxylation is 1. The minimum Gasteiger partial charge on any atom is -0.351 e. The summed E-state index contributed by atoms with van der Waals surface area (Å²) < 4.78 is 1.84. The van der Waals surface area contributed by atoms with Gasteiger partial charge in [-0.1, -0.05) is 30.3 Å². The Kier molecular flexibility index (Phi) is 7.38. The van der Waals surface area contributed by atoms with Crippen molar-refractivity contribution in [3.63, 3.8) is 0 Å². The van der Waals surface area contributed by atoms with Crippen molar-refractivity contribution >= 4 is 41.3 Å². The van der Waals surface area contributed by atoms with Crippen LogP contribution in [0.25, 0.3) is 10.6 Å². The monoisotopic (exact) mass is 468 g/mol. The quantitative estimate of drug-likeness (QED) is 0.343. The Balaban J connectivity index is 0.00000225. The molecule has 8 heteroatoms. The third-order valence-electron chi connectivity index (χ3n) is 3.59. The second-order valence-electron chi connectivity index (χ2n) is 5.24. The first-order valence-electron chi connectivity index (χ1n) is 7.67. The van der Waals surface area contributed by atoms with Gasteiger partial charge in [0.1, 0.15) is 5.01 Å². The predicted octanol–water partition coefficient (Wildman–Crippen LogP) is 3.03. The Bertz CT molecular complexity index is 811. The Morgan fingerprint density at radius 2 is 1.92 bits per heavy atom. The van der Waals surface area contributed by atoms with Gasteiger partial charge in [0.25, 0.3) is 0 Å². The fraction of sp³-hybridized carbons (Fsp3) is 0.235. The normalized spacial score (nSPS) is 11.0. The van der Waals surface area contributed by atoms with Crippen molar-refractivity contribution in [2.75, 3.05) is 7.05 Å². The van der Waals surface area contributed by atoms with Gasteiger partial charge < -0.3 is 10.6 Å². The maximum absolute atomic E-state index is 4.67. The SMILES string of the molecule is CN=C(NCc1csc(-c2ccccc2)n1)NCc1ccnn1C.I. The minimum atomic E-state index is 0. The molecule has 0 atom stereocenters. The van der Waals surface area contributed by atoms with Gasteiger partial charge in [-0.2, -0.15) is 5.10 Å². The molecule has 2 N–H and O–H groups in total. The van der Waals surface area contributed by atoms with Crippen LogP contribution < -0.4 is 10.6 Å². The van der Waals surface area contributed by atoms with Gasteiger partial charge in [-0.15, -0.1) is 35.3 Å². The van der Waals surface area contributed by atoms with E-state index in [0.717, 1.165) is 27.9 Å². The second kappa shape index (κ2) is 9.52. The van der Waals surface area contributed by atoms with E-state index in [-0.39, 0.29) is 24.0 Å². The van der Waals surface area contributed by atoms with Gasteiger partial charge in [0.15, 0.2) is 5.96 Å². The van der Waals surface area contributed by atoms with Crippen LogP contribution in [0.15, 0.2) is 53.0 Å². The lowest BCUT2D eigenvalue weighted by atomic mass is 10.2. The average Bonchev–Trinajstić information content (AvgIpc) is 3.25. The zero-order chi connectivity index (χ0) is 16.8. The molecule has 0 spiro atoms. The molecule has 0 radical (unpaired) electrons. The molecule has 0 unspecified atom stereocenters. The van der Waals surface area contributed by atoms with Crippen LogP contribution in [0.4, 0.5) is 0 Å². The molecule has 0 fully saturated rings. The molecule has 2 heterocycles. The molecule has 0 saturated carbocycles. The van der Waals surface area contributed by atoms with E-state index < -0.39 is 0 Å². The van der Waals surface area contributed by atoms with E-state index in [4.69, 9.17) is 0 Å². The zero-order valence-electron chi connectivity index (χ0n) is 14.1. The Morgan fingerprint density at radius 3 is 2.60 bits per heavy atom. The van der Waals surface area contributed by atoms with Gasteiger partial charge in [0.2, 0.25) is 0 Å². The summed E-state index contributed by atoms with van der Waals surface area (Å²) in [4.78, 5) is 8.91. The number of nitrogens with zero attached hydrogens (tertiary/aromatic N) is 4. The van der Waals surface area contributed by atoms with Crippen LogP contribution in [0.1, 0.15) is 11.4 Å². The molecule has 0 saturated heterocycles. The van der Waals surface area contributed by atoms with Gasteiger partial charge in [0, 0.05) is 31.2 Å². The Hall–Kier alpha value is -1.94. The van der Waals surface area contributed by atoms with E-state index in [9.17, 15) is 0 Å². The number of rotatable bonds is 5. The topological polar surface area (TPSA) is 67.1 Å². The molecule has 0 aliphatic rings. The van der Waals surface area contributed by atoms with E-state index in [1.165, 1.54) is 0 Å². The van der Waals surface area contributed by atoms with Crippen molar-refractivity contribution in [2.24, 2.45) is 12.0 Å². The highest BCUT2D eigenvalue weighted by Crippen LogP contribution is 2.23. The summed E-state index contributed by atoms with van der Waals surface area (Å²) in [5.41, 5.74) is 3.24. The summed E-state index contributed by atoms with van der Waals surface area (Å²) in [6, 6.07) is 12.2. The third-order valence-corrected chi connectivity index (χ3v) is 4.53. The molecule has 3 aromatic rings. The van der Waals surface area contributed by atoms with Gasteiger partial charge in [-0.3, -0.25) is 9.67 Å². The smallest absolute Gasteiger partial charge is 0.191 e. The number of benzene rings is 1. The summed E-state index contributed by atoms with van der Waals surface area (Å²) in [5, 5.41) is 13.8. The number of hydrogen-bond donors (Lipinski definition) is 2. The van der Waals surface area contributed by atoms with E-state index in [1.54, 1.807) is 24.6 Å². The Labute approximate surface area is 168 Å². The zero-order valence-corrected chi connectivity index (χ0v) is 17.3. The first kappa shape index (κ1) is 19.4. The average molecular weight is 468 g/mol. The molecular weight excluding hydrogens is 447 g/mol. The van der Waals surface area contributed by atoms with Crippen LogP contribution in [0, 0.1) is 0 Å². The summed E-state index contributed by atoms with van der Waals surface area (Å²) in [5.74, 6) is 0.741. The summed E-state index contributed by atoms with van der Waals surface area (Å²) >= 11 is 1.65. The highest BCUT2D eigenvalue weighted by atomic mass is 127. The number of guanidine groups is 1. The number of aliphatic imine (C=N–C) groups is 1. The second-order valence-corrected chi connectivity index (χ2v) is 6.09. The highest BCUT2D eigenvalue weighted by molar-refractivity contribution is 14.0. The summed E-state index contributed by atoms with van der Waals surface area (Å²) in [6.07, 6.45) is 1.79. The van der Waals surface area contributed by atoms with Crippen LogP contribution in [0.5, 0.6) is 0 Å². The molecule has 2 aromatic heterocycles. The predicted molar refractivity (Wildman–Crippen MR) is 113 cm³/mol. The maximum Gasteiger partial charge on any atom is 0.191 e. The van der Waals surface area contributed by atoms with Crippen LogP contribution in [-0.4, -0.2) is 27.8 Å². The van der Waals surface area contributed by atoms with Crippen molar-refractivity contribution in [1.29, 1.82) is 0 Å². The van der Waals surface area contributed by atoms with Gasteiger partial charge in [-0.05, 0) is 6.07 Å². The number of hydrogen-bond acceptors (Lipinski definition) is 4. The molecule has 25 heavy (non-hydrogen) atoms. The Morgan fingerprint density at radius 1 is 1.16 bits per heavy atom. The standard InChI is InChI=1S/C17H20N6S.HI/c1-18-17(20-11-15-8-9-21-23(15)2)19-10-14-12-24-16(22-14)13-6-4-3-5-7-13;/h3-9,12H,10-11H2,1-2H3,(H2,18,19,20);1H. The van der Waals surface area contributed by atoms with Crippen LogP contribution >= 0.6 is 35.3 Å². The molecule has 6 nitrogen and oxygen atoms in total. The number of halogens is 1. The highest BCUT2D eigenvalue weighted by Gasteiger charge is 2.06. The minimum absolute atomic E-state index is 0. The molecule has 0 aliphatic carbocycles. The van der Waals surface area contributed by atoms with E-state index >= 15 is 0 Å².